The van der Waals surface area contributed by atoms with Crippen molar-refractivity contribution in [2.24, 2.45) is 0 Å². The minimum absolute atomic E-state index is 0.0545. The summed E-state index contributed by atoms with van der Waals surface area (Å²) in [6, 6.07) is 0.796. The van der Waals surface area contributed by atoms with Crippen molar-refractivity contribution in [1.82, 2.24) is 15.5 Å². The van der Waals surface area contributed by atoms with Crippen molar-refractivity contribution < 1.29 is 9.53 Å². The summed E-state index contributed by atoms with van der Waals surface area (Å²) in [6.45, 7) is 7.89. The number of nitrogens with one attached hydrogen (secondary N) is 2. The molecule has 2 N–H and O–H groups in total. The van der Waals surface area contributed by atoms with E-state index in [1.54, 1.807) is 0 Å². The van der Waals surface area contributed by atoms with Crippen LogP contribution in [-0.2, 0) is 4.74 Å². The number of hydrogen-bond acceptors (Lipinski definition) is 3. The van der Waals surface area contributed by atoms with Crippen LogP contribution in [0.1, 0.15) is 33.1 Å². The third-order valence-electron chi connectivity index (χ3n) is 3.80. The quantitative estimate of drug-likeness (QED) is 0.786. The predicted octanol–water partition coefficient (Wildman–Crippen LogP) is 0.947. The fourth-order valence-corrected chi connectivity index (χ4v) is 2.62. The summed E-state index contributed by atoms with van der Waals surface area (Å²) >= 11 is 0. The molecule has 5 nitrogen and oxygen atoms in total. The molecule has 0 unspecified atom stereocenters. The summed E-state index contributed by atoms with van der Waals surface area (Å²) in [4.78, 5) is 14.1. The number of likely N-dealkylation sites (tertiary alicyclic amines) is 1. The van der Waals surface area contributed by atoms with Crippen LogP contribution in [0.5, 0.6) is 0 Å². The number of nitrogens with zero attached hydrogens (tertiary/aromatic N) is 1. The standard InChI is InChI=1S/C13H25N3O2/c1-10(2)16-6-5-11(9-16)15-13(17)14-8-12-4-3-7-18-12/h10-12H,3-9H2,1-2H3,(H2,14,15,17)/t11-,12-/m0/s1. The van der Waals surface area contributed by atoms with Crippen LogP contribution in [-0.4, -0.2) is 55.4 Å². The molecule has 0 aromatic carbocycles. The van der Waals surface area contributed by atoms with Gasteiger partial charge in [-0.1, -0.05) is 0 Å². The lowest BCUT2D eigenvalue weighted by molar-refractivity contribution is 0.111. The van der Waals surface area contributed by atoms with Gasteiger partial charge < -0.3 is 15.4 Å². The monoisotopic (exact) mass is 255 g/mol. The molecule has 2 aliphatic rings. The smallest absolute Gasteiger partial charge is 0.315 e. The number of rotatable bonds is 4. The largest absolute Gasteiger partial charge is 0.376 e. The zero-order chi connectivity index (χ0) is 13.0. The predicted molar refractivity (Wildman–Crippen MR) is 70.6 cm³/mol. The topological polar surface area (TPSA) is 53.6 Å². The Morgan fingerprint density at radius 1 is 1.44 bits per heavy atom. The van der Waals surface area contributed by atoms with E-state index in [2.05, 4.69) is 29.4 Å². The van der Waals surface area contributed by atoms with Gasteiger partial charge in [0, 0.05) is 38.3 Å². The first kappa shape index (κ1) is 13.6. The van der Waals surface area contributed by atoms with E-state index >= 15 is 0 Å². The first-order chi connectivity index (χ1) is 8.65. The van der Waals surface area contributed by atoms with Crippen molar-refractivity contribution in [3.8, 4) is 0 Å². The molecule has 0 radical (unpaired) electrons. The third kappa shape index (κ3) is 3.85. The summed E-state index contributed by atoms with van der Waals surface area (Å²) in [5, 5.41) is 5.94. The van der Waals surface area contributed by atoms with Crippen molar-refractivity contribution in [3.63, 3.8) is 0 Å². The number of carbonyl (C=O) groups is 1. The summed E-state index contributed by atoms with van der Waals surface area (Å²) < 4.78 is 5.47. The Morgan fingerprint density at radius 2 is 2.28 bits per heavy atom. The van der Waals surface area contributed by atoms with E-state index in [-0.39, 0.29) is 18.2 Å². The normalized spacial score (nSPS) is 28.8. The Labute approximate surface area is 109 Å². The molecular formula is C13H25N3O2. The fraction of sp³-hybridized carbons (Fsp3) is 0.923. The Bertz CT molecular complexity index is 277. The summed E-state index contributed by atoms with van der Waals surface area (Å²) in [5.41, 5.74) is 0. The van der Waals surface area contributed by atoms with Gasteiger partial charge in [0.15, 0.2) is 0 Å². The fourth-order valence-electron chi connectivity index (χ4n) is 2.62. The lowest BCUT2D eigenvalue weighted by atomic mass is 10.2. The lowest BCUT2D eigenvalue weighted by Crippen LogP contribution is -2.45. The molecule has 2 saturated heterocycles. The first-order valence-electron chi connectivity index (χ1n) is 7.05. The summed E-state index contributed by atoms with van der Waals surface area (Å²) in [5.74, 6) is 0. The minimum atomic E-state index is -0.0545. The highest BCUT2D eigenvalue weighted by Gasteiger charge is 2.25. The number of ether oxygens (including phenoxy) is 1. The molecule has 104 valence electrons. The highest BCUT2D eigenvalue weighted by Crippen LogP contribution is 2.12. The van der Waals surface area contributed by atoms with Gasteiger partial charge in [-0.15, -0.1) is 0 Å². The third-order valence-corrected chi connectivity index (χ3v) is 3.80. The first-order valence-corrected chi connectivity index (χ1v) is 7.05. The molecule has 5 heteroatoms. The van der Waals surface area contributed by atoms with Gasteiger partial charge in [0.2, 0.25) is 0 Å². The van der Waals surface area contributed by atoms with Crippen LogP contribution in [0.4, 0.5) is 4.79 Å². The van der Waals surface area contributed by atoms with E-state index in [1.165, 1.54) is 0 Å². The van der Waals surface area contributed by atoms with Gasteiger partial charge in [-0.2, -0.15) is 0 Å². The van der Waals surface area contributed by atoms with Crippen molar-refractivity contribution in [2.75, 3.05) is 26.2 Å². The molecule has 0 aliphatic carbocycles. The maximum Gasteiger partial charge on any atom is 0.315 e. The molecule has 0 bridgehead atoms. The van der Waals surface area contributed by atoms with Crippen LogP contribution in [0.15, 0.2) is 0 Å². The highest BCUT2D eigenvalue weighted by atomic mass is 16.5. The summed E-state index contributed by atoms with van der Waals surface area (Å²) in [7, 11) is 0. The van der Waals surface area contributed by atoms with Crippen LogP contribution in [0, 0.1) is 0 Å². The van der Waals surface area contributed by atoms with Crippen LogP contribution in [0.25, 0.3) is 0 Å². The van der Waals surface area contributed by atoms with Crippen molar-refractivity contribution in [1.29, 1.82) is 0 Å². The van der Waals surface area contributed by atoms with E-state index in [9.17, 15) is 4.79 Å². The molecule has 0 aromatic rings. The van der Waals surface area contributed by atoms with Gasteiger partial charge >= 0.3 is 6.03 Å². The molecule has 2 rings (SSSR count). The van der Waals surface area contributed by atoms with Crippen molar-refractivity contribution >= 4 is 6.03 Å². The molecule has 0 aromatic heterocycles. The average molecular weight is 255 g/mol. The maximum atomic E-state index is 11.7. The molecule has 2 heterocycles. The average Bonchev–Trinajstić information content (AvgIpc) is 2.96. The molecule has 0 spiro atoms. The molecule has 0 saturated carbocycles. The van der Waals surface area contributed by atoms with E-state index in [0.717, 1.165) is 39.0 Å². The van der Waals surface area contributed by atoms with Crippen LogP contribution >= 0.6 is 0 Å². The second-order valence-corrected chi connectivity index (χ2v) is 5.56. The van der Waals surface area contributed by atoms with Crippen LogP contribution in [0.3, 0.4) is 0 Å². The molecule has 2 fully saturated rings. The van der Waals surface area contributed by atoms with Gasteiger partial charge in [0.05, 0.1) is 6.10 Å². The second kappa shape index (κ2) is 6.38. The SMILES string of the molecule is CC(C)N1CC[C@H](NC(=O)NC[C@@H]2CCCO2)C1. The second-order valence-electron chi connectivity index (χ2n) is 5.56. The van der Waals surface area contributed by atoms with E-state index in [0.29, 0.717) is 12.6 Å². The molecule has 18 heavy (non-hydrogen) atoms. The number of amides is 2. The van der Waals surface area contributed by atoms with Gasteiger partial charge in [-0.3, -0.25) is 4.90 Å². The van der Waals surface area contributed by atoms with Gasteiger partial charge in [-0.05, 0) is 33.1 Å². The van der Waals surface area contributed by atoms with Crippen LogP contribution < -0.4 is 10.6 Å². The Hall–Kier alpha value is -0.810. The number of hydrogen-bond donors (Lipinski definition) is 2. The summed E-state index contributed by atoms with van der Waals surface area (Å²) in [6.07, 6.45) is 3.43. The Balaban J connectivity index is 1.62. The Kier molecular flexibility index (Phi) is 4.83. The van der Waals surface area contributed by atoms with Gasteiger partial charge in [0.25, 0.3) is 0 Å². The minimum Gasteiger partial charge on any atom is -0.376 e. The molecule has 2 atom stereocenters. The maximum absolute atomic E-state index is 11.7. The van der Waals surface area contributed by atoms with E-state index < -0.39 is 0 Å². The highest BCUT2D eigenvalue weighted by molar-refractivity contribution is 5.74. The van der Waals surface area contributed by atoms with E-state index in [1.807, 2.05) is 0 Å². The molecule has 2 amide bonds. The zero-order valence-electron chi connectivity index (χ0n) is 11.4. The lowest BCUT2D eigenvalue weighted by Gasteiger charge is -2.20. The van der Waals surface area contributed by atoms with Gasteiger partial charge in [0.1, 0.15) is 0 Å². The van der Waals surface area contributed by atoms with Crippen molar-refractivity contribution in [3.05, 3.63) is 0 Å². The molecule has 2 aliphatic heterocycles. The Morgan fingerprint density at radius 3 is 2.89 bits per heavy atom. The number of carbonyl (C=O) groups excluding carboxylic acids is 1. The number of urea groups is 1. The van der Waals surface area contributed by atoms with Crippen molar-refractivity contribution in [2.45, 2.75) is 51.3 Å². The zero-order valence-corrected chi connectivity index (χ0v) is 11.4. The van der Waals surface area contributed by atoms with E-state index in [4.69, 9.17) is 4.74 Å². The van der Waals surface area contributed by atoms with Crippen LogP contribution in [0.2, 0.25) is 0 Å². The van der Waals surface area contributed by atoms with Gasteiger partial charge in [-0.25, -0.2) is 4.79 Å². The molecular weight excluding hydrogens is 230 g/mol.